The lowest BCUT2D eigenvalue weighted by molar-refractivity contribution is -0.189. The molecule has 2 fully saturated rings. The average Bonchev–Trinajstić information content (AvgIpc) is 2.91. The van der Waals surface area contributed by atoms with E-state index < -0.39 is 41.6 Å². The Kier molecular flexibility index (Phi) is 3.63. The maximum atomic E-state index is 12.0. The molecular weight excluding hydrogens is 294 g/mol. The van der Waals surface area contributed by atoms with Gasteiger partial charge in [-0.05, 0) is 13.8 Å². The Balaban J connectivity index is 1.96. The lowest BCUT2D eigenvalue weighted by Gasteiger charge is -2.23. The van der Waals surface area contributed by atoms with Crippen LogP contribution in [0, 0.1) is 0 Å². The number of H-pyrrole nitrogens is 1. The van der Waals surface area contributed by atoms with Crippen LogP contribution in [0.4, 0.5) is 0 Å². The maximum absolute atomic E-state index is 12.0. The molecule has 120 valence electrons. The summed E-state index contributed by atoms with van der Waals surface area (Å²) in [6.45, 7) is 3.56. The highest BCUT2D eigenvalue weighted by Crippen LogP contribution is 2.41. The van der Waals surface area contributed by atoms with Crippen molar-refractivity contribution in [1.82, 2.24) is 9.55 Å². The van der Waals surface area contributed by atoms with Gasteiger partial charge in [0.15, 0.2) is 12.0 Å². The first kappa shape index (κ1) is 14.9. The molecule has 1 aromatic rings. The van der Waals surface area contributed by atoms with Gasteiger partial charge in [0.1, 0.15) is 25.4 Å². The van der Waals surface area contributed by atoms with Gasteiger partial charge in [0.25, 0.3) is 5.56 Å². The molecule has 2 aliphatic heterocycles. The Labute approximate surface area is 125 Å². The highest BCUT2D eigenvalue weighted by Gasteiger charge is 2.55. The van der Waals surface area contributed by atoms with Crippen LogP contribution in [-0.4, -0.2) is 47.0 Å². The van der Waals surface area contributed by atoms with Gasteiger partial charge in [-0.2, -0.15) is 0 Å². The summed E-state index contributed by atoms with van der Waals surface area (Å²) in [6, 6.07) is 1.25. The molecule has 2 saturated heterocycles. The minimum atomic E-state index is -0.803. The van der Waals surface area contributed by atoms with Crippen LogP contribution < -0.4 is 11.2 Å². The smallest absolute Gasteiger partial charge is 0.330 e. The fourth-order valence-electron chi connectivity index (χ4n) is 2.70. The summed E-state index contributed by atoms with van der Waals surface area (Å²) in [5.74, 6) is -0.803. The number of fused-ring (bicyclic) bond motifs is 1. The number of nitrogens with zero attached hydrogens (tertiary/aromatic N) is 2. The van der Waals surface area contributed by atoms with E-state index in [2.05, 4.69) is 15.0 Å². The zero-order valence-corrected chi connectivity index (χ0v) is 12.4. The standard InChI is InChI=1S/C13H17N3O6/c1-13(2)21-9-7(6-14-19-3)20-11(10(9)22-13)16-5-4-8(17)15-12(16)18/h4-7,9-11H,1-3H3,(H,15,17,18)/b14-6+. The van der Waals surface area contributed by atoms with E-state index in [1.165, 1.54) is 30.2 Å². The zero-order chi connectivity index (χ0) is 15.9. The number of ether oxygens (including phenoxy) is 3. The molecule has 2 aliphatic rings. The summed E-state index contributed by atoms with van der Waals surface area (Å²) < 4.78 is 18.7. The van der Waals surface area contributed by atoms with Crippen molar-refractivity contribution in [3.05, 3.63) is 33.1 Å². The van der Waals surface area contributed by atoms with Gasteiger partial charge in [0.05, 0.1) is 6.21 Å². The van der Waals surface area contributed by atoms with E-state index >= 15 is 0 Å². The summed E-state index contributed by atoms with van der Waals surface area (Å²) in [5.41, 5.74) is -1.05. The Bertz CT molecular complexity index is 694. The van der Waals surface area contributed by atoms with Crippen LogP contribution in [0.25, 0.3) is 0 Å². The average molecular weight is 311 g/mol. The van der Waals surface area contributed by atoms with Crippen LogP contribution in [-0.2, 0) is 19.0 Å². The van der Waals surface area contributed by atoms with Gasteiger partial charge < -0.3 is 19.0 Å². The second-order valence-corrected chi connectivity index (χ2v) is 5.51. The zero-order valence-electron chi connectivity index (χ0n) is 12.4. The van der Waals surface area contributed by atoms with E-state index in [9.17, 15) is 9.59 Å². The van der Waals surface area contributed by atoms with Crippen molar-refractivity contribution < 1.29 is 19.0 Å². The van der Waals surface area contributed by atoms with Crippen molar-refractivity contribution >= 4 is 6.21 Å². The lowest BCUT2D eigenvalue weighted by atomic mass is 10.1. The topological polar surface area (TPSA) is 104 Å². The number of hydrogen-bond donors (Lipinski definition) is 1. The molecule has 4 atom stereocenters. The SMILES string of the molecule is CO/N=C/C1OC(n2ccc(=O)[nH]c2=O)C2OC(C)(C)OC12. The van der Waals surface area contributed by atoms with Crippen LogP contribution >= 0.6 is 0 Å². The van der Waals surface area contributed by atoms with Gasteiger partial charge in [0, 0.05) is 12.3 Å². The van der Waals surface area contributed by atoms with E-state index in [1.54, 1.807) is 13.8 Å². The molecule has 9 heteroatoms. The highest BCUT2D eigenvalue weighted by atomic mass is 16.8. The van der Waals surface area contributed by atoms with Gasteiger partial charge in [-0.15, -0.1) is 0 Å². The summed E-state index contributed by atoms with van der Waals surface area (Å²) in [6.07, 6.45) is 0.622. The Morgan fingerprint density at radius 2 is 2.09 bits per heavy atom. The van der Waals surface area contributed by atoms with E-state index in [4.69, 9.17) is 14.2 Å². The van der Waals surface area contributed by atoms with Crippen molar-refractivity contribution in [2.24, 2.45) is 5.16 Å². The van der Waals surface area contributed by atoms with Crippen LogP contribution in [0.3, 0.4) is 0 Å². The number of nitrogens with one attached hydrogen (secondary N) is 1. The third-order valence-corrected chi connectivity index (χ3v) is 3.50. The van der Waals surface area contributed by atoms with Gasteiger partial charge in [-0.25, -0.2) is 4.79 Å². The normalized spacial score (nSPS) is 33.2. The van der Waals surface area contributed by atoms with Crippen LogP contribution in [0.15, 0.2) is 27.0 Å². The molecule has 0 radical (unpaired) electrons. The van der Waals surface area contributed by atoms with Crippen molar-refractivity contribution in [1.29, 1.82) is 0 Å². The molecule has 22 heavy (non-hydrogen) atoms. The number of rotatable bonds is 3. The molecule has 0 aliphatic carbocycles. The summed E-state index contributed by atoms with van der Waals surface area (Å²) >= 11 is 0. The second-order valence-electron chi connectivity index (χ2n) is 5.51. The van der Waals surface area contributed by atoms with E-state index in [1.807, 2.05) is 0 Å². The molecule has 0 amide bonds. The molecule has 0 bridgehead atoms. The molecule has 4 unspecified atom stereocenters. The molecule has 3 heterocycles. The molecule has 1 N–H and O–H groups in total. The van der Waals surface area contributed by atoms with Crippen molar-refractivity contribution in [3.8, 4) is 0 Å². The van der Waals surface area contributed by atoms with E-state index in [0.29, 0.717) is 0 Å². The summed E-state index contributed by atoms with van der Waals surface area (Å²) in [5, 5.41) is 3.70. The van der Waals surface area contributed by atoms with Gasteiger partial charge in [-0.1, -0.05) is 5.16 Å². The van der Waals surface area contributed by atoms with Crippen LogP contribution in [0.1, 0.15) is 20.1 Å². The minimum absolute atomic E-state index is 0.433. The number of aromatic nitrogens is 2. The second kappa shape index (κ2) is 5.34. The molecule has 9 nitrogen and oxygen atoms in total. The van der Waals surface area contributed by atoms with Gasteiger partial charge in [-0.3, -0.25) is 14.3 Å². The fourth-order valence-corrected chi connectivity index (χ4v) is 2.70. The van der Waals surface area contributed by atoms with E-state index in [-0.39, 0.29) is 0 Å². The first-order valence-electron chi connectivity index (χ1n) is 6.80. The maximum Gasteiger partial charge on any atom is 0.330 e. The Morgan fingerprint density at radius 1 is 1.36 bits per heavy atom. The number of hydrogen-bond acceptors (Lipinski definition) is 7. The van der Waals surface area contributed by atoms with E-state index in [0.717, 1.165) is 0 Å². The molecule has 0 aromatic carbocycles. The number of aromatic amines is 1. The molecule has 0 spiro atoms. The first-order chi connectivity index (χ1) is 10.4. The van der Waals surface area contributed by atoms with Crippen molar-refractivity contribution in [2.45, 2.75) is 44.2 Å². The Morgan fingerprint density at radius 3 is 2.77 bits per heavy atom. The van der Waals surface area contributed by atoms with Crippen LogP contribution in [0.2, 0.25) is 0 Å². The molecular formula is C13H17N3O6. The molecule has 0 saturated carbocycles. The monoisotopic (exact) mass is 311 g/mol. The predicted molar refractivity (Wildman–Crippen MR) is 74.6 cm³/mol. The quantitative estimate of drug-likeness (QED) is 0.601. The first-order valence-corrected chi connectivity index (χ1v) is 6.80. The molecule has 1 aromatic heterocycles. The van der Waals surface area contributed by atoms with Crippen LogP contribution in [0.5, 0.6) is 0 Å². The third-order valence-electron chi connectivity index (χ3n) is 3.50. The van der Waals surface area contributed by atoms with Crippen molar-refractivity contribution in [3.63, 3.8) is 0 Å². The summed E-state index contributed by atoms with van der Waals surface area (Å²) in [4.78, 5) is 30.0. The fraction of sp³-hybridized carbons (Fsp3) is 0.615. The lowest BCUT2D eigenvalue weighted by Crippen LogP contribution is -2.37. The number of oxime groups is 1. The largest absolute Gasteiger partial charge is 0.399 e. The highest BCUT2D eigenvalue weighted by molar-refractivity contribution is 5.64. The Hall–Kier alpha value is -1.97. The van der Waals surface area contributed by atoms with Crippen molar-refractivity contribution in [2.75, 3.05) is 7.11 Å². The van der Waals surface area contributed by atoms with Gasteiger partial charge >= 0.3 is 5.69 Å². The minimum Gasteiger partial charge on any atom is -0.399 e. The molecule has 3 rings (SSSR count). The third kappa shape index (κ3) is 2.58. The van der Waals surface area contributed by atoms with Gasteiger partial charge in [0.2, 0.25) is 0 Å². The summed E-state index contributed by atoms with van der Waals surface area (Å²) in [7, 11) is 1.42. The predicted octanol–water partition coefficient (Wildman–Crippen LogP) is -0.414.